The first-order valence-electron chi connectivity index (χ1n) is 6.48. The average Bonchev–Trinajstić information content (AvgIpc) is 2.49. The summed E-state index contributed by atoms with van der Waals surface area (Å²) < 4.78 is 0. The Balaban J connectivity index is 2.17. The van der Waals surface area contributed by atoms with E-state index in [9.17, 15) is 5.11 Å². The molecule has 1 nitrogen and oxygen atoms in total. The molecule has 0 heterocycles. The van der Waals surface area contributed by atoms with Gasteiger partial charge in [-0.3, -0.25) is 0 Å². The Labute approximate surface area is 133 Å². The Morgan fingerprint density at radius 3 is 1.57 bits per heavy atom. The molecule has 3 heteroatoms. The molecule has 0 bridgehead atoms. The van der Waals surface area contributed by atoms with Crippen LogP contribution in [0.3, 0.4) is 0 Å². The molecular weight excluding hydrogens is 303 g/mol. The minimum absolute atomic E-state index is 0.234. The summed E-state index contributed by atoms with van der Waals surface area (Å²) in [6.45, 7) is 0. The standard InChI is InChI=1S/C18H12Cl2O/c19-14-5-1-12(2-6-14)17-10-9-16(21)11-18(17)13-3-7-15(20)8-4-13/h1-11,21H. The van der Waals surface area contributed by atoms with Crippen LogP contribution in [0, 0.1) is 0 Å². The maximum Gasteiger partial charge on any atom is 0.116 e. The van der Waals surface area contributed by atoms with Gasteiger partial charge >= 0.3 is 0 Å². The van der Waals surface area contributed by atoms with Crippen LogP contribution in [0.5, 0.6) is 5.75 Å². The highest BCUT2D eigenvalue weighted by Gasteiger charge is 2.08. The van der Waals surface area contributed by atoms with Gasteiger partial charge in [0.2, 0.25) is 0 Å². The van der Waals surface area contributed by atoms with Crippen LogP contribution >= 0.6 is 23.2 Å². The molecule has 0 aliphatic rings. The molecule has 0 spiro atoms. The van der Waals surface area contributed by atoms with Gasteiger partial charge in [0, 0.05) is 10.0 Å². The van der Waals surface area contributed by atoms with Gasteiger partial charge in [-0.15, -0.1) is 0 Å². The van der Waals surface area contributed by atoms with E-state index in [1.165, 1.54) is 0 Å². The first-order chi connectivity index (χ1) is 10.1. The maximum absolute atomic E-state index is 9.80. The van der Waals surface area contributed by atoms with E-state index in [0.29, 0.717) is 10.0 Å². The van der Waals surface area contributed by atoms with E-state index < -0.39 is 0 Å². The van der Waals surface area contributed by atoms with Crippen molar-refractivity contribution in [3.8, 4) is 28.0 Å². The van der Waals surface area contributed by atoms with Crippen LogP contribution in [0.4, 0.5) is 0 Å². The maximum atomic E-state index is 9.80. The molecule has 0 amide bonds. The lowest BCUT2D eigenvalue weighted by Gasteiger charge is -2.11. The Morgan fingerprint density at radius 2 is 1.05 bits per heavy atom. The lowest BCUT2D eigenvalue weighted by molar-refractivity contribution is 0.475. The Kier molecular flexibility index (Phi) is 3.87. The molecule has 1 N–H and O–H groups in total. The summed E-state index contributed by atoms with van der Waals surface area (Å²) in [7, 11) is 0. The third kappa shape index (κ3) is 3.05. The van der Waals surface area contributed by atoms with Gasteiger partial charge in [0.05, 0.1) is 0 Å². The molecule has 0 aromatic heterocycles. The van der Waals surface area contributed by atoms with Crippen molar-refractivity contribution in [2.75, 3.05) is 0 Å². The van der Waals surface area contributed by atoms with Gasteiger partial charge in [-0.05, 0) is 58.7 Å². The van der Waals surface area contributed by atoms with Gasteiger partial charge in [-0.2, -0.15) is 0 Å². The predicted molar refractivity (Wildman–Crippen MR) is 89.0 cm³/mol. The molecule has 21 heavy (non-hydrogen) atoms. The van der Waals surface area contributed by atoms with Crippen molar-refractivity contribution >= 4 is 23.2 Å². The SMILES string of the molecule is Oc1ccc(-c2ccc(Cl)cc2)c(-c2ccc(Cl)cc2)c1. The third-order valence-electron chi connectivity index (χ3n) is 3.31. The Hall–Kier alpha value is -1.96. The zero-order valence-corrected chi connectivity index (χ0v) is 12.6. The number of hydrogen-bond acceptors (Lipinski definition) is 1. The van der Waals surface area contributed by atoms with E-state index in [4.69, 9.17) is 23.2 Å². The summed E-state index contributed by atoms with van der Waals surface area (Å²) in [6, 6.07) is 20.6. The monoisotopic (exact) mass is 314 g/mol. The number of aromatic hydroxyl groups is 1. The van der Waals surface area contributed by atoms with Crippen LogP contribution in [-0.4, -0.2) is 5.11 Å². The van der Waals surface area contributed by atoms with Crippen LogP contribution in [0.2, 0.25) is 10.0 Å². The summed E-state index contributed by atoms with van der Waals surface area (Å²) in [5, 5.41) is 11.2. The number of hydrogen-bond donors (Lipinski definition) is 1. The van der Waals surface area contributed by atoms with Gasteiger partial charge in [0.25, 0.3) is 0 Å². The molecule has 0 radical (unpaired) electrons. The van der Waals surface area contributed by atoms with Crippen molar-refractivity contribution in [3.63, 3.8) is 0 Å². The van der Waals surface area contributed by atoms with E-state index in [2.05, 4.69) is 0 Å². The van der Waals surface area contributed by atoms with Crippen LogP contribution in [-0.2, 0) is 0 Å². The fourth-order valence-corrected chi connectivity index (χ4v) is 2.53. The zero-order chi connectivity index (χ0) is 14.8. The van der Waals surface area contributed by atoms with Crippen LogP contribution in [0.25, 0.3) is 22.3 Å². The normalized spacial score (nSPS) is 10.6. The molecule has 0 aliphatic carbocycles. The lowest BCUT2D eigenvalue weighted by atomic mass is 9.94. The summed E-state index contributed by atoms with van der Waals surface area (Å²) in [5.74, 6) is 0.234. The van der Waals surface area contributed by atoms with Crippen LogP contribution in [0.15, 0.2) is 66.7 Å². The summed E-state index contributed by atoms with van der Waals surface area (Å²) >= 11 is 11.9. The highest BCUT2D eigenvalue weighted by molar-refractivity contribution is 6.31. The third-order valence-corrected chi connectivity index (χ3v) is 3.82. The van der Waals surface area contributed by atoms with Crippen molar-refractivity contribution in [2.24, 2.45) is 0 Å². The average molecular weight is 315 g/mol. The van der Waals surface area contributed by atoms with Gasteiger partial charge in [0.1, 0.15) is 5.75 Å². The molecular formula is C18H12Cl2O. The highest BCUT2D eigenvalue weighted by atomic mass is 35.5. The second-order valence-corrected chi connectivity index (χ2v) is 5.62. The zero-order valence-electron chi connectivity index (χ0n) is 11.1. The largest absolute Gasteiger partial charge is 0.508 e. The summed E-state index contributed by atoms with van der Waals surface area (Å²) in [5.41, 5.74) is 4.03. The lowest BCUT2D eigenvalue weighted by Crippen LogP contribution is -1.85. The number of rotatable bonds is 2. The fourth-order valence-electron chi connectivity index (χ4n) is 2.28. The van der Waals surface area contributed by atoms with E-state index in [-0.39, 0.29) is 5.75 Å². The summed E-state index contributed by atoms with van der Waals surface area (Å²) in [4.78, 5) is 0. The Bertz CT molecular complexity index is 762. The molecule has 0 saturated heterocycles. The summed E-state index contributed by atoms with van der Waals surface area (Å²) in [6.07, 6.45) is 0. The van der Waals surface area contributed by atoms with Crippen molar-refractivity contribution in [1.82, 2.24) is 0 Å². The smallest absolute Gasteiger partial charge is 0.116 e. The molecule has 0 aliphatic heterocycles. The van der Waals surface area contributed by atoms with Gasteiger partial charge in [-0.25, -0.2) is 0 Å². The first-order valence-corrected chi connectivity index (χ1v) is 7.24. The molecule has 3 rings (SSSR count). The number of halogens is 2. The van der Waals surface area contributed by atoms with Crippen molar-refractivity contribution in [1.29, 1.82) is 0 Å². The molecule has 0 saturated carbocycles. The second kappa shape index (κ2) is 5.80. The Morgan fingerprint density at radius 1 is 0.571 bits per heavy atom. The van der Waals surface area contributed by atoms with Crippen molar-refractivity contribution < 1.29 is 5.11 Å². The van der Waals surface area contributed by atoms with Crippen molar-refractivity contribution in [3.05, 3.63) is 76.8 Å². The van der Waals surface area contributed by atoms with Gasteiger partial charge < -0.3 is 5.11 Å². The van der Waals surface area contributed by atoms with E-state index in [1.54, 1.807) is 12.1 Å². The molecule has 0 unspecified atom stereocenters. The quantitative estimate of drug-likeness (QED) is 0.612. The number of phenolic OH excluding ortho intramolecular Hbond substituents is 1. The van der Waals surface area contributed by atoms with Crippen LogP contribution in [0.1, 0.15) is 0 Å². The second-order valence-electron chi connectivity index (χ2n) is 4.74. The number of benzene rings is 3. The van der Waals surface area contributed by atoms with E-state index in [1.807, 2.05) is 54.6 Å². The van der Waals surface area contributed by atoms with Crippen molar-refractivity contribution in [2.45, 2.75) is 0 Å². The minimum atomic E-state index is 0.234. The predicted octanol–water partition coefficient (Wildman–Crippen LogP) is 6.03. The molecule has 3 aromatic carbocycles. The molecule has 104 valence electrons. The van der Waals surface area contributed by atoms with E-state index >= 15 is 0 Å². The topological polar surface area (TPSA) is 20.2 Å². The fraction of sp³-hybridized carbons (Fsp3) is 0. The minimum Gasteiger partial charge on any atom is -0.508 e. The molecule has 0 fully saturated rings. The van der Waals surface area contributed by atoms with Crippen LogP contribution < -0.4 is 0 Å². The molecule has 0 atom stereocenters. The number of phenols is 1. The van der Waals surface area contributed by atoms with Gasteiger partial charge in [0.15, 0.2) is 0 Å². The van der Waals surface area contributed by atoms with E-state index in [0.717, 1.165) is 22.3 Å². The molecule has 3 aromatic rings. The van der Waals surface area contributed by atoms with Gasteiger partial charge in [-0.1, -0.05) is 53.5 Å². The highest BCUT2D eigenvalue weighted by Crippen LogP contribution is 2.35. The first kappa shape index (κ1) is 14.0.